The van der Waals surface area contributed by atoms with E-state index < -0.39 is 16.9 Å². The minimum absolute atomic E-state index is 0.0172. The smallest absolute Gasteiger partial charge is 0.0772 e. The summed E-state index contributed by atoms with van der Waals surface area (Å²) >= 11 is 0. The Kier molecular flexibility index (Phi) is 6.56. The van der Waals surface area contributed by atoms with Crippen molar-refractivity contribution < 1.29 is 9.32 Å². The van der Waals surface area contributed by atoms with Gasteiger partial charge in [0.25, 0.3) is 0 Å². The number of rotatable bonds is 7. The van der Waals surface area contributed by atoms with Crippen LogP contribution in [0.1, 0.15) is 18.9 Å². The predicted molar refractivity (Wildman–Crippen MR) is 91.9 cm³/mol. The Morgan fingerprint density at radius 2 is 1.64 bits per heavy atom. The van der Waals surface area contributed by atoms with Gasteiger partial charge in [-0.05, 0) is 30.5 Å². The molecule has 0 aliphatic rings. The second-order valence-electron chi connectivity index (χ2n) is 5.39. The summed E-state index contributed by atoms with van der Waals surface area (Å²) in [5, 5.41) is 11.9. The highest BCUT2D eigenvalue weighted by atomic mass is 32.2. The van der Waals surface area contributed by atoms with E-state index in [4.69, 9.17) is 0 Å². The summed E-state index contributed by atoms with van der Waals surface area (Å²) in [4.78, 5) is 0.782. The maximum atomic E-state index is 12.1. The Morgan fingerprint density at radius 1 is 1.05 bits per heavy atom. The lowest BCUT2D eigenvalue weighted by atomic mass is 9.98. The van der Waals surface area contributed by atoms with Crippen molar-refractivity contribution in [2.75, 3.05) is 0 Å². The third-order valence-corrected chi connectivity index (χ3v) is 4.80. The van der Waals surface area contributed by atoms with Gasteiger partial charge in [-0.15, -0.1) is 0 Å². The molecule has 0 spiro atoms. The van der Waals surface area contributed by atoms with Crippen LogP contribution in [0.5, 0.6) is 0 Å². The normalized spacial score (nSPS) is 15.5. The summed E-state index contributed by atoms with van der Waals surface area (Å²) in [5.41, 5.74) is 1.23. The summed E-state index contributed by atoms with van der Waals surface area (Å²) in [6, 6.07) is 19.5. The molecule has 0 saturated carbocycles. The summed E-state index contributed by atoms with van der Waals surface area (Å²) in [7, 11) is -1.15. The van der Waals surface area contributed by atoms with Crippen LogP contribution in [0.2, 0.25) is 0 Å². The van der Waals surface area contributed by atoms with Crippen molar-refractivity contribution in [1.29, 1.82) is 0 Å². The molecule has 1 N–H and O–H groups in total. The Balaban J connectivity index is 1.84. The molecule has 0 fully saturated rings. The molecule has 2 aromatic rings. The average molecular weight is 314 g/mol. The van der Waals surface area contributed by atoms with Crippen LogP contribution in [0.25, 0.3) is 0 Å². The second-order valence-corrected chi connectivity index (χ2v) is 6.73. The van der Waals surface area contributed by atoms with E-state index in [1.807, 2.05) is 61.5 Å². The zero-order chi connectivity index (χ0) is 15.8. The van der Waals surface area contributed by atoms with Gasteiger partial charge in [0.15, 0.2) is 0 Å². The maximum absolute atomic E-state index is 12.1. The van der Waals surface area contributed by atoms with Crippen LogP contribution in [-0.2, 0) is 17.2 Å². The van der Waals surface area contributed by atoms with Crippen molar-refractivity contribution in [3.8, 4) is 0 Å². The molecule has 0 aliphatic carbocycles. The van der Waals surface area contributed by atoms with Gasteiger partial charge in [-0.3, -0.25) is 0 Å². The van der Waals surface area contributed by atoms with Crippen LogP contribution in [0.15, 0.2) is 77.0 Å². The van der Waals surface area contributed by atoms with E-state index in [-0.39, 0.29) is 5.92 Å². The Morgan fingerprint density at radius 3 is 2.27 bits per heavy atom. The Hall–Kier alpha value is -1.71. The van der Waals surface area contributed by atoms with Crippen LogP contribution in [0.3, 0.4) is 0 Å². The fourth-order valence-electron chi connectivity index (χ4n) is 2.18. The minimum atomic E-state index is -1.15. The van der Waals surface area contributed by atoms with Gasteiger partial charge in [0.2, 0.25) is 0 Å². The first-order chi connectivity index (χ1) is 10.7. The molecule has 0 bridgehead atoms. The molecule has 0 heterocycles. The van der Waals surface area contributed by atoms with Gasteiger partial charge in [-0.1, -0.05) is 61.5 Å². The molecule has 3 atom stereocenters. The zero-order valence-corrected chi connectivity index (χ0v) is 13.6. The fourth-order valence-corrected chi connectivity index (χ4v) is 3.15. The highest BCUT2D eigenvalue weighted by Crippen LogP contribution is 2.14. The molecular weight excluding hydrogens is 292 g/mol. The molecule has 0 aromatic heterocycles. The first kappa shape index (κ1) is 16.7. The lowest BCUT2D eigenvalue weighted by Crippen LogP contribution is -2.16. The summed E-state index contributed by atoms with van der Waals surface area (Å²) in [5.74, 6) is -0.0172. The molecule has 1 unspecified atom stereocenters. The molecular formula is C19H22O2S. The number of hydrogen-bond donors (Lipinski definition) is 1. The van der Waals surface area contributed by atoms with Crippen molar-refractivity contribution in [2.24, 2.45) is 5.92 Å². The molecule has 0 saturated heterocycles. The third-order valence-electron chi connectivity index (χ3n) is 3.66. The monoisotopic (exact) mass is 314 g/mol. The van der Waals surface area contributed by atoms with Crippen LogP contribution in [-0.4, -0.2) is 15.4 Å². The number of hydrogen-bond acceptors (Lipinski definition) is 2. The van der Waals surface area contributed by atoms with E-state index in [0.29, 0.717) is 6.42 Å². The molecule has 0 radical (unpaired) electrons. The van der Waals surface area contributed by atoms with Crippen LogP contribution in [0.4, 0.5) is 0 Å². The lowest BCUT2D eigenvalue weighted by molar-refractivity contribution is 0.128. The van der Waals surface area contributed by atoms with Gasteiger partial charge in [0, 0.05) is 16.2 Å². The van der Waals surface area contributed by atoms with Crippen molar-refractivity contribution in [1.82, 2.24) is 0 Å². The Bertz CT molecular complexity index is 608. The molecule has 3 heteroatoms. The molecule has 116 valence electrons. The van der Waals surface area contributed by atoms with Gasteiger partial charge < -0.3 is 5.11 Å². The number of aryl methyl sites for hydroxylation is 1. The van der Waals surface area contributed by atoms with E-state index in [2.05, 4.69) is 12.1 Å². The summed E-state index contributed by atoms with van der Waals surface area (Å²) in [6.45, 7) is 1.95. The molecule has 0 aliphatic heterocycles. The quantitative estimate of drug-likeness (QED) is 0.840. The standard InChI is InChI=1S/C19H22O2S/c1-16(14-15-22(21)18-10-6-3-7-11-18)19(20)13-12-17-8-4-2-5-9-17/h2-11,14-16,19-20H,12-13H2,1H3/b15-14+/t16-,19-,22?/m1/s1. The SMILES string of the molecule is C[C@H](/C=C/S(=O)c1ccccc1)[C@H](O)CCc1ccccc1. The van der Waals surface area contributed by atoms with Crippen LogP contribution in [0, 0.1) is 5.92 Å². The summed E-state index contributed by atoms with van der Waals surface area (Å²) in [6.07, 6.45) is 2.97. The van der Waals surface area contributed by atoms with Gasteiger partial charge in [-0.2, -0.15) is 0 Å². The lowest BCUT2D eigenvalue weighted by Gasteiger charge is -2.15. The Labute approximate surface area is 135 Å². The maximum Gasteiger partial charge on any atom is 0.0772 e. The number of aliphatic hydroxyl groups is 1. The van der Waals surface area contributed by atoms with E-state index in [1.54, 1.807) is 5.41 Å². The first-order valence-electron chi connectivity index (χ1n) is 7.53. The predicted octanol–water partition coefficient (Wildman–Crippen LogP) is 3.94. The minimum Gasteiger partial charge on any atom is -0.393 e. The van der Waals surface area contributed by atoms with Crippen molar-refractivity contribution in [2.45, 2.75) is 30.8 Å². The first-order valence-corrected chi connectivity index (χ1v) is 8.74. The molecule has 0 amide bonds. The molecule has 2 rings (SSSR count). The fraction of sp³-hybridized carbons (Fsp3) is 0.263. The van der Waals surface area contributed by atoms with Crippen molar-refractivity contribution in [3.63, 3.8) is 0 Å². The zero-order valence-electron chi connectivity index (χ0n) is 12.8. The molecule has 2 aromatic carbocycles. The van der Waals surface area contributed by atoms with Gasteiger partial charge in [0.1, 0.15) is 0 Å². The van der Waals surface area contributed by atoms with Gasteiger partial charge >= 0.3 is 0 Å². The van der Waals surface area contributed by atoms with Crippen LogP contribution < -0.4 is 0 Å². The van der Waals surface area contributed by atoms with E-state index in [9.17, 15) is 9.32 Å². The largest absolute Gasteiger partial charge is 0.393 e. The number of benzene rings is 2. The van der Waals surface area contributed by atoms with Crippen LogP contribution >= 0.6 is 0 Å². The van der Waals surface area contributed by atoms with Gasteiger partial charge in [0.05, 0.1) is 16.9 Å². The number of aliphatic hydroxyl groups excluding tert-OH is 1. The van der Waals surface area contributed by atoms with E-state index >= 15 is 0 Å². The summed E-state index contributed by atoms with van der Waals surface area (Å²) < 4.78 is 12.1. The van der Waals surface area contributed by atoms with Gasteiger partial charge in [-0.25, -0.2) is 4.21 Å². The second kappa shape index (κ2) is 8.66. The molecule has 22 heavy (non-hydrogen) atoms. The highest BCUT2D eigenvalue weighted by molar-refractivity contribution is 7.88. The topological polar surface area (TPSA) is 37.3 Å². The van der Waals surface area contributed by atoms with Crippen molar-refractivity contribution in [3.05, 3.63) is 77.7 Å². The van der Waals surface area contributed by atoms with E-state index in [1.165, 1.54) is 5.56 Å². The third kappa shape index (κ3) is 5.24. The van der Waals surface area contributed by atoms with E-state index in [0.717, 1.165) is 11.3 Å². The van der Waals surface area contributed by atoms with Crippen molar-refractivity contribution >= 4 is 10.8 Å². The highest BCUT2D eigenvalue weighted by Gasteiger charge is 2.11. The average Bonchev–Trinajstić information content (AvgIpc) is 2.58. The molecule has 2 nitrogen and oxygen atoms in total.